The van der Waals surface area contributed by atoms with Gasteiger partial charge in [-0.1, -0.05) is 42.0 Å². The van der Waals surface area contributed by atoms with Crippen molar-refractivity contribution in [2.24, 2.45) is 0 Å². The van der Waals surface area contributed by atoms with Crippen LogP contribution in [0.5, 0.6) is 0 Å². The molecule has 0 amide bonds. The molecule has 0 aliphatic rings. The van der Waals surface area contributed by atoms with Gasteiger partial charge < -0.3 is 9.72 Å². The molecule has 0 spiro atoms. The molecular formula is C22H25NO3. The zero-order valence-electron chi connectivity index (χ0n) is 15.4. The normalized spacial score (nSPS) is 10.4. The van der Waals surface area contributed by atoms with Gasteiger partial charge in [-0.15, -0.1) is 13.2 Å². The number of allylic oxidation sites excluding steroid dienone is 2. The summed E-state index contributed by atoms with van der Waals surface area (Å²) in [6, 6.07) is 7.80. The molecule has 1 aromatic heterocycles. The van der Waals surface area contributed by atoms with Crippen LogP contribution in [0.1, 0.15) is 51.7 Å². The number of Topliss-reactive ketones (excluding diaryl/α,β-unsaturated/α-hetero) is 1. The molecule has 0 aliphatic carbocycles. The monoisotopic (exact) mass is 351 g/mol. The van der Waals surface area contributed by atoms with Crippen LogP contribution in [0.4, 0.5) is 0 Å². The fourth-order valence-electron chi connectivity index (χ4n) is 2.86. The van der Waals surface area contributed by atoms with Crippen LogP contribution >= 0.6 is 0 Å². The van der Waals surface area contributed by atoms with Gasteiger partial charge >= 0.3 is 5.97 Å². The second-order valence-electron chi connectivity index (χ2n) is 6.06. The van der Waals surface area contributed by atoms with Crippen LogP contribution in [-0.2, 0) is 11.2 Å². The number of aromatic nitrogens is 1. The molecule has 0 saturated carbocycles. The largest absolute Gasteiger partial charge is 0.462 e. The lowest BCUT2D eigenvalue weighted by atomic mass is 9.97. The smallest absolute Gasteiger partial charge is 0.341 e. The minimum atomic E-state index is -0.489. The van der Waals surface area contributed by atoms with Crippen molar-refractivity contribution >= 4 is 11.8 Å². The Bertz CT molecular complexity index is 813. The molecule has 0 bridgehead atoms. The Balaban J connectivity index is 2.67. The van der Waals surface area contributed by atoms with Gasteiger partial charge in [0.2, 0.25) is 0 Å². The van der Waals surface area contributed by atoms with E-state index < -0.39 is 5.97 Å². The maximum absolute atomic E-state index is 12.8. The first-order valence-electron chi connectivity index (χ1n) is 8.77. The van der Waals surface area contributed by atoms with Gasteiger partial charge in [0.05, 0.1) is 23.4 Å². The Labute approximate surface area is 154 Å². The molecule has 26 heavy (non-hydrogen) atoms. The SMILES string of the molecule is C=CCCC(=O)c1c(CC=C)[nH]c(-c2ccc(C)cc2)c1C(=O)OCC. The minimum absolute atomic E-state index is 0.0978. The molecule has 0 fully saturated rings. The van der Waals surface area contributed by atoms with E-state index in [9.17, 15) is 9.59 Å². The van der Waals surface area contributed by atoms with Crippen LogP contribution < -0.4 is 0 Å². The lowest BCUT2D eigenvalue weighted by Gasteiger charge is -2.07. The summed E-state index contributed by atoms with van der Waals surface area (Å²) in [5, 5.41) is 0. The zero-order chi connectivity index (χ0) is 19.1. The summed E-state index contributed by atoms with van der Waals surface area (Å²) in [6.07, 6.45) is 4.73. The van der Waals surface area contributed by atoms with Crippen LogP contribution in [0.25, 0.3) is 11.3 Å². The Morgan fingerprint density at radius 2 is 1.81 bits per heavy atom. The first-order valence-corrected chi connectivity index (χ1v) is 8.77. The van der Waals surface area contributed by atoms with Crippen molar-refractivity contribution in [2.45, 2.75) is 33.1 Å². The number of rotatable bonds is 9. The highest BCUT2D eigenvalue weighted by Gasteiger charge is 2.28. The van der Waals surface area contributed by atoms with E-state index in [-0.39, 0.29) is 12.4 Å². The standard InChI is InChI=1S/C22H25NO3/c1-5-8-10-18(24)19-17(9-6-2)23-21(20(19)22(25)26-7-3)16-13-11-15(4)12-14-16/h5-6,11-14,23H,1-2,7-10H2,3-4H3. The topological polar surface area (TPSA) is 59.2 Å². The highest BCUT2D eigenvalue weighted by Crippen LogP contribution is 2.31. The molecule has 1 heterocycles. The van der Waals surface area contributed by atoms with Crippen LogP contribution in [0.2, 0.25) is 0 Å². The predicted molar refractivity (Wildman–Crippen MR) is 105 cm³/mol. The minimum Gasteiger partial charge on any atom is -0.462 e. The number of aryl methyl sites for hydroxylation is 1. The van der Waals surface area contributed by atoms with E-state index in [1.54, 1.807) is 19.1 Å². The third-order valence-electron chi connectivity index (χ3n) is 4.10. The van der Waals surface area contributed by atoms with E-state index in [2.05, 4.69) is 18.1 Å². The van der Waals surface area contributed by atoms with E-state index in [1.807, 2.05) is 31.2 Å². The molecule has 4 heteroatoms. The quantitative estimate of drug-likeness (QED) is 0.391. The number of carbonyl (C=O) groups excluding carboxylic acids is 2. The summed E-state index contributed by atoms with van der Waals surface area (Å²) in [7, 11) is 0. The number of H-pyrrole nitrogens is 1. The Morgan fingerprint density at radius 3 is 2.38 bits per heavy atom. The zero-order valence-corrected chi connectivity index (χ0v) is 15.4. The van der Waals surface area contributed by atoms with Gasteiger partial charge in [-0.25, -0.2) is 4.79 Å². The highest BCUT2D eigenvalue weighted by molar-refractivity contribution is 6.11. The molecule has 136 valence electrons. The van der Waals surface area contributed by atoms with Gasteiger partial charge in [0.25, 0.3) is 0 Å². The number of carbonyl (C=O) groups is 2. The molecule has 2 rings (SSSR count). The summed E-state index contributed by atoms with van der Waals surface area (Å²) in [5.74, 6) is -0.587. The van der Waals surface area contributed by atoms with Crippen molar-refractivity contribution in [3.63, 3.8) is 0 Å². The van der Waals surface area contributed by atoms with Gasteiger partial charge in [-0.2, -0.15) is 0 Å². The van der Waals surface area contributed by atoms with E-state index in [4.69, 9.17) is 4.74 Å². The molecule has 1 aromatic carbocycles. The predicted octanol–water partition coefficient (Wildman–Crippen LogP) is 5.04. The summed E-state index contributed by atoms with van der Waals surface area (Å²) in [4.78, 5) is 28.8. The third kappa shape index (κ3) is 4.20. The van der Waals surface area contributed by atoms with Crippen molar-refractivity contribution in [1.82, 2.24) is 4.98 Å². The van der Waals surface area contributed by atoms with Crippen molar-refractivity contribution in [1.29, 1.82) is 0 Å². The molecule has 0 radical (unpaired) electrons. The van der Waals surface area contributed by atoms with Crippen LogP contribution in [-0.4, -0.2) is 23.3 Å². The number of esters is 1. The second-order valence-corrected chi connectivity index (χ2v) is 6.06. The van der Waals surface area contributed by atoms with Crippen molar-refractivity contribution in [3.05, 3.63) is 72.0 Å². The summed E-state index contributed by atoms with van der Waals surface area (Å²) in [5.41, 5.74) is 3.97. The van der Waals surface area contributed by atoms with Crippen molar-refractivity contribution in [3.8, 4) is 11.3 Å². The van der Waals surface area contributed by atoms with E-state index in [0.29, 0.717) is 41.8 Å². The number of hydrogen-bond acceptors (Lipinski definition) is 3. The molecule has 0 unspecified atom stereocenters. The number of nitrogens with one attached hydrogen (secondary N) is 1. The first kappa shape index (κ1) is 19.4. The van der Waals surface area contributed by atoms with E-state index in [1.165, 1.54) is 0 Å². The molecule has 4 nitrogen and oxygen atoms in total. The average Bonchev–Trinajstić information content (AvgIpc) is 3.00. The Kier molecular flexibility index (Phi) is 6.73. The molecule has 1 N–H and O–H groups in total. The van der Waals surface area contributed by atoms with Gasteiger partial charge in [0.15, 0.2) is 5.78 Å². The summed E-state index contributed by atoms with van der Waals surface area (Å²) >= 11 is 0. The average molecular weight is 351 g/mol. The maximum Gasteiger partial charge on any atom is 0.341 e. The van der Waals surface area contributed by atoms with Crippen LogP contribution in [0.3, 0.4) is 0 Å². The van der Waals surface area contributed by atoms with Gasteiger partial charge in [-0.3, -0.25) is 4.79 Å². The van der Waals surface area contributed by atoms with Crippen molar-refractivity contribution in [2.75, 3.05) is 6.61 Å². The third-order valence-corrected chi connectivity index (χ3v) is 4.10. The number of aromatic amines is 1. The van der Waals surface area contributed by atoms with E-state index in [0.717, 1.165) is 11.1 Å². The highest BCUT2D eigenvalue weighted by atomic mass is 16.5. The summed E-state index contributed by atoms with van der Waals surface area (Å²) < 4.78 is 5.24. The number of benzene rings is 1. The first-order chi connectivity index (χ1) is 12.5. The number of hydrogen-bond donors (Lipinski definition) is 1. The van der Waals surface area contributed by atoms with Crippen molar-refractivity contribution < 1.29 is 14.3 Å². The molecule has 0 saturated heterocycles. The lowest BCUT2D eigenvalue weighted by Crippen LogP contribution is -2.12. The van der Waals surface area contributed by atoms with Crippen LogP contribution in [0.15, 0.2) is 49.6 Å². The second kappa shape index (κ2) is 8.99. The fraction of sp³-hybridized carbons (Fsp3) is 0.273. The van der Waals surface area contributed by atoms with Gasteiger partial charge in [0.1, 0.15) is 0 Å². The number of ketones is 1. The fourth-order valence-corrected chi connectivity index (χ4v) is 2.86. The lowest BCUT2D eigenvalue weighted by molar-refractivity contribution is 0.0524. The molecule has 0 aliphatic heterocycles. The van der Waals surface area contributed by atoms with Gasteiger partial charge in [0, 0.05) is 18.5 Å². The van der Waals surface area contributed by atoms with Gasteiger partial charge in [-0.05, 0) is 25.8 Å². The Hall–Kier alpha value is -2.88. The summed E-state index contributed by atoms with van der Waals surface area (Å²) in [6.45, 7) is 11.4. The molecule has 0 atom stereocenters. The van der Waals surface area contributed by atoms with E-state index >= 15 is 0 Å². The molecular weight excluding hydrogens is 326 g/mol. The Morgan fingerprint density at radius 1 is 1.12 bits per heavy atom. The molecule has 2 aromatic rings. The maximum atomic E-state index is 12.8. The number of ether oxygens (including phenoxy) is 1. The van der Waals surface area contributed by atoms with Crippen LogP contribution in [0, 0.1) is 6.92 Å².